The van der Waals surface area contributed by atoms with Crippen LogP contribution < -0.4 is 10.0 Å². The Morgan fingerprint density at radius 1 is 0.857 bits per heavy atom. The van der Waals surface area contributed by atoms with E-state index in [1.54, 1.807) is 42.5 Å². The third-order valence-corrected chi connectivity index (χ3v) is 5.37. The van der Waals surface area contributed by atoms with Crippen molar-refractivity contribution >= 4 is 45.0 Å². The molecule has 0 aliphatic rings. The molecule has 0 saturated carbocycles. The van der Waals surface area contributed by atoms with Gasteiger partial charge in [0.25, 0.3) is 10.0 Å². The number of carbonyl (C=O) groups is 1. The Kier molecular flexibility index (Phi) is 6.13. The summed E-state index contributed by atoms with van der Waals surface area (Å²) in [6.07, 6.45) is 3.07. The van der Waals surface area contributed by atoms with E-state index in [1.165, 1.54) is 18.2 Å². The van der Waals surface area contributed by atoms with Crippen LogP contribution >= 0.6 is 11.6 Å². The number of sulfonamides is 1. The zero-order valence-electron chi connectivity index (χ0n) is 14.7. The first-order valence-electron chi connectivity index (χ1n) is 8.35. The molecule has 0 fully saturated rings. The van der Waals surface area contributed by atoms with Crippen LogP contribution in [-0.2, 0) is 14.8 Å². The molecule has 0 aliphatic heterocycles. The average Bonchev–Trinajstić information content (AvgIpc) is 2.69. The molecule has 3 aromatic rings. The van der Waals surface area contributed by atoms with Crippen LogP contribution in [0.5, 0.6) is 0 Å². The molecular formula is C21H17ClN2O3S. The van der Waals surface area contributed by atoms with Crippen molar-refractivity contribution in [1.82, 2.24) is 0 Å². The van der Waals surface area contributed by atoms with E-state index in [9.17, 15) is 13.2 Å². The van der Waals surface area contributed by atoms with E-state index < -0.39 is 10.0 Å². The van der Waals surface area contributed by atoms with Crippen molar-refractivity contribution in [2.45, 2.75) is 4.90 Å². The summed E-state index contributed by atoms with van der Waals surface area (Å²) in [5.74, 6) is -0.357. The molecule has 7 heteroatoms. The Bertz CT molecular complexity index is 1100. The second kappa shape index (κ2) is 8.73. The van der Waals surface area contributed by atoms with E-state index in [4.69, 9.17) is 11.6 Å². The normalized spacial score (nSPS) is 11.3. The maximum Gasteiger partial charge on any atom is 0.261 e. The number of hydrogen-bond donors (Lipinski definition) is 2. The van der Waals surface area contributed by atoms with Crippen molar-refractivity contribution in [2.24, 2.45) is 0 Å². The molecule has 2 N–H and O–H groups in total. The number of rotatable bonds is 6. The predicted octanol–water partition coefficient (Wildman–Crippen LogP) is 4.79. The maximum absolute atomic E-state index is 12.6. The summed E-state index contributed by atoms with van der Waals surface area (Å²) >= 11 is 5.81. The molecular weight excluding hydrogens is 396 g/mol. The van der Waals surface area contributed by atoms with Gasteiger partial charge in [0.1, 0.15) is 0 Å². The standard InChI is InChI=1S/C21H17ClN2O3S/c22-17-10-12-18(13-11-17)24-28(26,27)20-8-4-7-19(15-20)23-21(25)14-9-16-5-2-1-3-6-16/h1-15,24H,(H,23,25). The van der Waals surface area contributed by atoms with Crippen molar-refractivity contribution < 1.29 is 13.2 Å². The second-order valence-corrected chi connectivity index (χ2v) is 7.99. The summed E-state index contributed by atoms with van der Waals surface area (Å²) in [4.78, 5) is 12.1. The van der Waals surface area contributed by atoms with Gasteiger partial charge in [0.2, 0.25) is 5.91 Å². The van der Waals surface area contributed by atoms with Gasteiger partial charge in [-0.2, -0.15) is 0 Å². The Morgan fingerprint density at radius 3 is 2.29 bits per heavy atom. The maximum atomic E-state index is 12.6. The molecule has 3 rings (SSSR count). The van der Waals surface area contributed by atoms with E-state index >= 15 is 0 Å². The fraction of sp³-hybridized carbons (Fsp3) is 0. The minimum absolute atomic E-state index is 0.0345. The summed E-state index contributed by atoms with van der Waals surface area (Å²) in [7, 11) is -3.80. The topological polar surface area (TPSA) is 75.3 Å². The first kappa shape index (κ1) is 19.7. The molecule has 0 unspecified atom stereocenters. The van der Waals surface area contributed by atoms with E-state index in [0.717, 1.165) is 5.56 Å². The third-order valence-electron chi connectivity index (χ3n) is 3.74. The SMILES string of the molecule is O=C(C=Cc1ccccc1)Nc1cccc(S(=O)(=O)Nc2ccc(Cl)cc2)c1. The van der Waals surface area contributed by atoms with Crippen molar-refractivity contribution in [2.75, 3.05) is 10.0 Å². The molecule has 0 saturated heterocycles. The highest BCUT2D eigenvalue weighted by atomic mass is 35.5. The number of anilines is 2. The monoisotopic (exact) mass is 412 g/mol. The number of benzene rings is 3. The highest BCUT2D eigenvalue weighted by molar-refractivity contribution is 7.92. The molecule has 0 radical (unpaired) electrons. The lowest BCUT2D eigenvalue weighted by Gasteiger charge is -2.10. The molecule has 3 aromatic carbocycles. The Morgan fingerprint density at radius 2 is 1.57 bits per heavy atom. The van der Waals surface area contributed by atoms with Gasteiger partial charge in [0.05, 0.1) is 4.90 Å². The Balaban J connectivity index is 1.71. The van der Waals surface area contributed by atoms with Gasteiger partial charge in [0, 0.05) is 22.5 Å². The Hall–Kier alpha value is -3.09. The van der Waals surface area contributed by atoms with Gasteiger partial charge in [-0.05, 0) is 54.1 Å². The second-order valence-electron chi connectivity index (χ2n) is 5.87. The molecule has 142 valence electrons. The molecule has 0 bridgehead atoms. The number of carbonyl (C=O) groups excluding carboxylic acids is 1. The zero-order chi connectivity index (χ0) is 20.0. The predicted molar refractivity (Wildman–Crippen MR) is 113 cm³/mol. The van der Waals surface area contributed by atoms with Crippen LogP contribution in [0.1, 0.15) is 5.56 Å². The molecule has 0 atom stereocenters. The van der Waals surface area contributed by atoms with Crippen LogP contribution in [0, 0.1) is 0 Å². The first-order valence-corrected chi connectivity index (χ1v) is 10.2. The van der Waals surface area contributed by atoms with Gasteiger partial charge in [-0.1, -0.05) is 48.0 Å². The van der Waals surface area contributed by atoms with Gasteiger partial charge < -0.3 is 5.32 Å². The van der Waals surface area contributed by atoms with Crippen LogP contribution in [0.15, 0.2) is 89.8 Å². The number of nitrogens with one attached hydrogen (secondary N) is 2. The first-order chi connectivity index (χ1) is 13.4. The van der Waals surface area contributed by atoms with Crippen LogP contribution in [0.3, 0.4) is 0 Å². The smallest absolute Gasteiger partial charge is 0.261 e. The fourth-order valence-electron chi connectivity index (χ4n) is 2.39. The highest BCUT2D eigenvalue weighted by Gasteiger charge is 2.15. The molecule has 0 aliphatic carbocycles. The van der Waals surface area contributed by atoms with Crippen LogP contribution in [0.25, 0.3) is 6.08 Å². The minimum atomic E-state index is -3.80. The summed E-state index contributed by atoms with van der Waals surface area (Å²) in [6, 6.07) is 21.7. The van der Waals surface area contributed by atoms with Gasteiger partial charge in [-0.25, -0.2) is 8.42 Å². The van der Waals surface area contributed by atoms with E-state index in [1.807, 2.05) is 30.3 Å². The fourth-order valence-corrected chi connectivity index (χ4v) is 3.62. The van der Waals surface area contributed by atoms with Gasteiger partial charge in [-0.15, -0.1) is 0 Å². The molecule has 0 aromatic heterocycles. The summed E-state index contributed by atoms with van der Waals surface area (Å²) < 4.78 is 27.6. The number of halogens is 1. The quantitative estimate of drug-likeness (QED) is 0.571. The lowest BCUT2D eigenvalue weighted by molar-refractivity contribution is -0.111. The Labute approximate surface area is 168 Å². The molecule has 1 amide bonds. The van der Waals surface area contributed by atoms with E-state index in [-0.39, 0.29) is 10.8 Å². The van der Waals surface area contributed by atoms with Gasteiger partial charge in [0.15, 0.2) is 0 Å². The third kappa shape index (κ3) is 5.45. The largest absolute Gasteiger partial charge is 0.322 e. The van der Waals surface area contributed by atoms with Crippen LogP contribution in [0.4, 0.5) is 11.4 Å². The van der Waals surface area contributed by atoms with E-state index in [2.05, 4.69) is 10.0 Å². The van der Waals surface area contributed by atoms with Crippen molar-refractivity contribution in [1.29, 1.82) is 0 Å². The highest BCUT2D eigenvalue weighted by Crippen LogP contribution is 2.20. The van der Waals surface area contributed by atoms with Crippen LogP contribution in [0.2, 0.25) is 5.02 Å². The lowest BCUT2D eigenvalue weighted by atomic mass is 10.2. The van der Waals surface area contributed by atoms with Crippen LogP contribution in [-0.4, -0.2) is 14.3 Å². The molecule has 0 spiro atoms. The number of amides is 1. The van der Waals surface area contributed by atoms with Crippen molar-refractivity contribution in [3.05, 3.63) is 95.5 Å². The molecule has 0 heterocycles. The summed E-state index contributed by atoms with van der Waals surface area (Å²) in [5, 5.41) is 3.17. The number of hydrogen-bond acceptors (Lipinski definition) is 3. The molecule has 5 nitrogen and oxygen atoms in total. The van der Waals surface area contributed by atoms with Crippen molar-refractivity contribution in [3.63, 3.8) is 0 Å². The van der Waals surface area contributed by atoms with Gasteiger partial charge in [-0.3, -0.25) is 9.52 Å². The lowest BCUT2D eigenvalue weighted by Crippen LogP contribution is -2.14. The summed E-state index contributed by atoms with van der Waals surface area (Å²) in [5.41, 5.74) is 1.66. The molecule has 28 heavy (non-hydrogen) atoms. The van der Waals surface area contributed by atoms with Crippen molar-refractivity contribution in [3.8, 4) is 0 Å². The van der Waals surface area contributed by atoms with E-state index in [0.29, 0.717) is 16.4 Å². The average molecular weight is 413 g/mol. The summed E-state index contributed by atoms with van der Waals surface area (Å²) in [6.45, 7) is 0. The zero-order valence-corrected chi connectivity index (χ0v) is 16.2. The minimum Gasteiger partial charge on any atom is -0.322 e. The van der Waals surface area contributed by atoms with Gasteiger partial charge >= 0.3 is 0 Å².